The van der Waals surface area contributed by atoms with E-state index in [2.05, 4.69) is 10.1 Å². The normalized spacial score (nSPS) is 14.6. The third kappa shape index (κ3) is 4.63. The zero-order valence-corrected chi connectivity index (χ0v) is 21.2. The molecule has 0 unspecified atom stereocenters. The highest BCUT2D eigenvalue weighted by Gasteiger charge is 2.31. The molecule has 0 radical (unpaired) electrons. The first kappa shape index (κ1) is 25.5. The van der Waals surface area contributed by atoms with Gasteiger partial charge in [-0.3, -0.25) is 9.36 Å². The predicted octanol–water partition coefficient (Wildman–Crippen LogP) is 5.26. The number of likely N-dealkylation sites (tertiary alicyclic amines) is 1. The molecule has 0 aliphatic carbocycles. The number of hydrogen-bond acceptors (Lipinski definition) is 4. The second-order valence-corrected chi connectivity index (χ2v) is 9.83. The van der Waals surface area contributed by atoms with Crippen molar-refractivity contribution in [2.45, 2.75) is 25.1 Å². The molecule has 40 heavy (non-hydrogen) atoms. The SMILES string of the molecule is Nc1cc(-c2cccc(C(F)(F)F)c2)nn1-c1ccc(C(=O)N2CCC(n3c(=O)[nH]c4ccccc43)CC2)cc1. The molecule has 11 heteroatoms. The number of rotatable bonds is 4. The van der Waals surface area contributed by atoms with Gasteiger partial charge in [0.15, 0.2) is 0 Å². The van der Waals surface area contributed by atoms with E-state index >= 15 is 0 Å². The Bertz CT molecular complexity index is 1760. The Kier molecular flexibility index (Phi) is 6.21. The number of H-pyrrole nitrogens is 1. The van der Waals surface area contributed by atoms with E-state index in [0.717, 1.165) is 23.2 Å². The van der Waals surface area contributed by atoms with Gasteiger partial charge >= 0.3 is 11.9 Å². The Balaban J connectivity index is 1.15. The summed E-state index contributed by atoms with van der Waals surface area (Å²) in [5, 5.41) is 4.40. The van der Waals surface area contributed by atoms with E-state index in [1.54, 1.807) is 39.8 Å². The molecular formula is C29H25F3N6O2. The number of nitrogens with two attached hydrogens (primary N) is 1. The maximum atomic E-state index is 13.2. The predicted molar refractivity (Wildman–Crippen MR) is 145 cm³/mol. The number of hydrogen-bond donors (Lipinski definition) is 2. The average molecular weight is 547 g/mol. The molecule has 8 nitrogen and oxygen atoms in total. The van der Waals surface area contributed by atoms with Crippen molar-refractivity contribution >= 4 is 22.8 Å². The van der Waals surface area contributed by atoms with Crippen molar-refractivity contribution in [3.63, 3.8) is 0 Å². The molecule has 3 N–H and O–H groups in total. The number of carbonyl (C=O) groups is 1. The number of aromatic amines is 1. The zero-order chi connectivity index (χ0) is 28.0. The first-order valence-electron chi connectivity index (χ1n) is 12.8. The van der Waals surface area contributed by atoms with Gasteiger partial charge in [0.1, 0.15) is 5.82 Å². The molecule has 0 atom stereocenters. The highest BCUT2D eigenvalue weighted by molar-refractivity contribution is 5.94. The van der Waals surface area contributed by atoms with Crippen LogP contribution in [0.2, 0.25) is 0 Å². The molecule has 1 fully saturated rings. The number of fused-ring (bicyclic) bond motifs is 1. The quantitative estimate of drug-likeness (QED) is 0.321. The summed E-state index contributed by atoms with van der Waals surface area (Å²) in [7, 11) is 0. The largest absolute Gasteiger partial charge is 0.416 e. The summed E-state index contributed by atoms with van der Waals surface area (Å²) >= 11 is 0. The molecule has 5 aromatic rings. The Morgan fingerprint density at radius 3 is 2.40 bits per heavy atom. The Labute approximate surface area is 226 Å². The van der Waals surface area contributed by atoms with Crippen molar-refractivity contribution in [1.82, 2.24) is 24.2 Å². The highest BCUT2D eigenvalue weighted by Crippen LogP contribution is 2.33. The maximum Gasteiger partial charge on any atom is 0.416 e. The van der Waals surface area contributed by atoms with Crippen LogP contribution in [-0.4, -0.2) is 43.2 Å². The molecule has 1 saturated heterocycles. The number of nitrogen functional groups attached to an aromatic ring is 1. The fourth-order valence-corrected chi connectivity index (χ4v) is 5.29. The van der Waals surface area contributed by atoms with E-state index in [1.165, 1.54) is 16.8 Å². The lowest BCUT2D eigenvalue weighted by Gasteiger charge is -2.32. The number of halogens is 3. The highest BCUT2D eigenvalue weighted by atomic mass is 19.4. The second kappa shape index (κ2) is 9.74. The number of benzene rings is 3. The fourth-order valence-electron chi connectivity index (χ4n) is 5.29. The van der Waals surface area contributed by atoms with Gasteiger partial charge in [-0.05, 0) is 61.4 Å². The van der Waals surface area contributed by atoms with E-state index in [4.69, 9.17) is 5.73 Å². The van der Waals surface area contributed by atoms with Gasteiger partial charge in [-0.25, -0.2) is 9.48 Å². The van der Waals surface area contributed by atoms with Crippen molar-refractivity contribution in [2.24, 2.45) is 0 Å². The number of amides is 1. The van der Waals surface area contributed by atoms with Crippen LogP contribution in [-0.2, 0) is 6.18 Å². The summed E-state index contributed by atoms with van der Waals surface area (Å²) in [4.78, 5) is 30.4. The number of piperidine rings is 1. The molecule has 6 rings (SSSR count). The van der Waals surface area contributed by atoms with E-state index < -0.39 is 11.7 Å². The molecule has 0 bridgehead atoms. The lowest BCUT2D eigenvalue weighted by Crippen LogP contribution is -2.40. The Morgan fingerprint density at radius 2 is 1.68 bits per heavy atom. The van der Waals surface area contributed by atoms with Crippen molar-refractivity contribution < 1.29 is 18.0 Å². The molecular weight excluding hydrogens is 521 g/mol. The van der Waals surface area contributed by atoms with Gasteiger partial charge in [-0.2, -0.15) is 18.3 Å². The minimum atomic E-state index is -4.46. The number of carbonyl (C=O) groups excluding carboxylic acids is 1. The van der Waals surface area contributed by atoms with Crippen molar-refractivity contribution in [2.75, 3.05) is 18.8 Å². The Hall–Kier alpha value is -4.80. The first-order valence-corrected chi connectivity index (χ1v) is 12.8. The van der Waals surface area contributed by atoms with E-state index in [0.29, 0.717) is 48.4 Å². The van der Waals surface area contributed by atoms with Crippen LogP contribution >= 0.6 is 0 Å². The molecule has 0 spiro atoms. The van der Waals surface area contributed by atoms with Crippen LogP contribution in [0, 0.1) is 0 Å². The summed E-state index contributed by atoms with van der Waals surface area (Å²) < 4.78 is 42.6. The topological polar surface area (TPSA) is 102 Å². The third-order valence-corrected chi connectivity index (χ3v) is 7.32. The molecule has 1 aliphatic heterocycles. The number of aromatic nitrogens is 4. The lowest BCUT2D eigenvalue weighted by molar-refractivity contribution is -0.137. The number of anilines is 1. The van der Waals surface area contributed by atoms with E-state index in [1.807, 2.05) is 24.3 Å². The number of imidazole rings is 1. The van der Waals surface area contributed by atoms with Crippen LogP contribution < -0.4 is 11.4 Å². The number of para-hydroxylation sites is 2. The molecule has 204 valence electrons. The van der Waals surface area contributed by atoms with Crippen LogP contribution in [0.5, 0.6) is 0 Å². The number of alkyl halides is 3. The maximum absolute atomic E-state index is 13.2. The van der Waals surface area contributed by atoms with E-state index in [-0.39, 0.29) is 23.5 Å². The van der Waals surface area contributed by atoms with Gasteiger partial charge in [0, 0.05) is 36.3 Å². The van der Waals surface area contributed by atoms with Gasteiger partial charge in [0.05, 0.1) is 28.0 Å². The summed E-state index contributed by atoms with van der Waals surface area (Å²) in [6, 6.07) is 20.8. The smallest absolute Gasteiger partial charge is 0.384 e. The van der Waals surface area contributed by atoms with Gasteiger partial charge in [-0.1, -0.05) is 24.3 Å². The molecule has 3 heterocycles. The van der Waals surface area contributed by atoms with Gasteiger partial charge in [0.2, 0.25) is 0 Å². The fraction of sp³-hybridized carbons (Fsp3) is 0.207. The van der Waals surface area contributed by atoms with Gasteiger partial charge < -0.3 is 15.6 Å². The van der Waals surface area contributed by atoms with Crippen LogP contribution in [0.3, 0.4) is 0 Å². The van der Waals surface area contributed by atoms with Crippen LogP contribution in [0.25, 0.3) is 28.0 Å². The summed E-state index contributed by atoms with van der Waals surface area (Å²) in [5.41, 5.74) is 8.55. The molecule has 0 saturated carbocycles. The van der Waals surface area contributed by atoms with Crippen LogP contribution in [0.15, 0.2) is 83.7 Å². The van der Waals surface area contributed by atoms with Crippen molar-refractivity contribution in [3.8, 4) is 16.9 Å². The monoisotopic (exact) mass is 546 g/mol. The third-order valence-electron chi connectivity index (χ3n) is 7.32. The van der Waals surface area contributed by atoms with Crippen LogP contribution in [0.4, 0.5) is 19.0 Å². The summed E-state index contributed by atoms with van der Waals surface area (Å²) in [6.07, 6.45) is -3.14. The Morgan fingerprint density at radius 1 is 0.950 bits per heavy atom. The van der Waals surface area contributed by atoms with Gasteiger partial charge in [-0.15, -0.1) is 0 Å². The van der Waals surface area contributed by atoms with Gasteiger partial charge in [0.25, 0.3) is 5.91 Å². The lowest BCUT2D eigenvalue weighted by atomic mass is 10.0. The molecule has 3 aromatic carbocycles. The van der Waals surface area contributed by atoms with Crippen molar-refractivity contribution in [3.05, 3.63) is 100 Å². The standard InChI is InChI=1S/C29H25F3N6O2/c30-29(31,32)20-5-3-4-19(16-20)24-17-26(33)38(35-24)22-10-8-18(9-11-22)27(39)36-14-12-21(13-15-36)37-25-7-2-1-6-23(25)34-28(37)40/h1-11,16-17,21H,12-15,33H2,(H,34,40). The molecule has 2 aromatic heterocycles. The van der Waals surface area contributed by atoms with E-state index in [9.17, 15) is 22.8 Å². The number of nitrogens with one attached hydrogen (secondary N) is 1. The first-order chi connectivity index (χ1) is 19.2. The molecule has 1 amide bonds. The average Bonchev–Trinajstić information content (AvgIpc) is 3.51. The molecule has 1 aliphatic rings. The van der Waals surface area contributed by atoms with Crippen LogP contribution in [0.1, 0.15) is 34.8 Å². The van der Waals surface area contributed by atoms with Crippen molar-refractivity contribution in [1.29, 1.82) is 0 Å². The summed E-state index contributed by atoms with van der Waals surface area (Å²) in [6.45, 7) is 1.04. The number of nitrogens with zero attached hydrogens (tertiary/aromatic N) is 4. The second-order valence-electron chi connectivity index (χ2n) is 9.83. The zero-order valence-electron chi connectivity index (χ0n) is 21.2. The minimum absolute atomic E-state index is 0.00360. The minimum Gasteiger partial charge on any atom is -0.384 e. The summed E-state index contributed by atoms with van der Waals surface area (Å²) in [5.74, 6) is 0.135.